The van der Waals surface area contributed by atoms with Crippen molar-refractivity contribution in [2.45, 2.75) is 20.8 Å². The molecule has 0 bridgehead atoms. The highest BCUT2D eigenvalue weighted by molar-refractivity contribution is 5.95. The van der Waals surface area contributed by atoms with Gasteiger partial charge in [-0.15, -0.1) is 0 Å². The lowest BCUT2D eigenvalue weighted by Crippen LogP contribution is -2.47. The van der Waals surface area contributed by atoms with Gasteiger partial charge in [-0.05, 0) is 50.1 Å². The van der Waals surface area contributed by atoms with Crippen molar-refractivity contribution in [1.82, 2.24) is 9.97 Å². The molecule has 0 saturated carbocycles. The second kappa shape index (κ2) is 8.63. The molecule has 1 aliphatic heterocycles. The first kappa shape index (κ1) is 20.7. The van der Waals surface area contributed by atoms with Crippen LogP contribution in [0.5, 0.6) is 0 Å². The SMILES string of the molecule is CC(=O)c1cccc(Nc2ncnc(N3CCN(c4cccc(C)c4C)CC3)c2N)c1. The van der Waals surface area contributed by atoms with E-state index in [1.54, 1.807) is 19.1 Å². The molecule has 2 aromatic carbocycles. The normalized spacial score (nSPS) is 13.9. The minimum atomic E-state index is 0.0155. The molecule has 0 spiro atoms. The standard InChI is InChI=1S/C24H28N6O/c1-16-6-4-9-21(17(16)2)29-10-12-30(13-11-29)24-22(25)23(26-15-27-24)28-20-8-5-7-19(14-20)18(3)31/h4-9,14-15H,10-13,25H2,1-3H3,(H,26,27,28). The Kier molecular flexibility index (Phi) is 5.75. The lowest BCUT2D eigenvalue weighted by molar-refractivity contribution is 0.101. The summed E-state index contributed by atoms with van der Waals surface area (Å²) in [5.74, 6) is 1.30. The van der Waals surface area contributed by atoms with Crippen LogP contribution in [0.25, 0.3) is 0 Å². The average molecular weight is 417 g/mol. The van der Waals surface area contributed by atoms with E-state index in [0.29, 0.717) is 17.1 Å². The first-order chi connectivity index (χ1) is 14.9. The molecule has 0 unspecified atom stereocenters. The Labute approximate surface area is 182 Å². The summed E-state index contributed by atoms with van der Waals surface area (Å²) in [6.07, 6.45) is 1.53. The van der Waals surface area contributed by atoms with Crippen molar-refractivity contribution in [2.24, 2.45) is 0 Å². The summed E-state index contributed by atoms with van der Waals surface area (Å²) in [5.41, 5.74) is 12.3. The van der Waals surface area contributed by atoms with Gasteiger partial charge in [0.15, 0.2) is 17.4 Å². The van der Waals surface area contributed by atoms with E-state index < -0.39 is 0 Å². The van der Waals surface area contributed by atoms with Gasteiger partial charge < -0.3 is 20.9 Å². The molecule has 0 radical (unpaired) electrons. The summed E-state index contributed by atoms with van der Waals surface area (Å²) in [7, 11) is 0. The van der Waals surface area contributed by atoms with Crippen LogP contribution >= 0.6 is 0 Å². The van der Waals surface area contributed by atoms with Crippen LogP contribution in [0.2, 0.25) is 0 Å². The summed E-state index contributed by atoms with van der Waals surface area (Å²) in [6, 6.07) is 13.8. The molecule has 4 rings (SSSR count). The third-order valence-corrected chi connectivity index (χ3v) is 5.89. The highest BCUT2D eigenvalue weighted by Gasteiger charge is 2.22. The number of aromatic nitrogens is 2. The Morgan fingerprint density at radius 3 is 2.45 bits per heavy atom. The summed E-state index contributed by atoms with van der Waals surface area (Å²) >= 11 is 0. The van der Waals surface area contributed by atoms with E-state index in [0.717, 1.165) is 37.7 Å². The van der Waals surface area contributed by atoms with Crippen molar-refractivity contribution in [1.29, 1.82) is 0 Å². The molecule has 1 aromatic heterocycles. The topological polar surface area (TPSA) is 87.4 Å². The molecule has 1 saturated heterocycles. The number of rotatable bonds is 5. The number of nitrogens with zero attached hydrogens (tertiary/aromatic N) is 4. The van der Waals surface area contributed by atoms with Gasteiger partial charge in [-0.1, -0.05) is 24.3 Å². The third-order valence-electron chi connectivity index (χ3n) is 5.89. The molecule has 7 heteroatoms. The number of Topliss-reactive ketones (excluding diaryl/α,β-unsaturated/α-hetero) is 1. The van der Waals surface area contributed by atoms with Gasteiger partial charge in [0.05, 0.1) is 0 Å². The highest BCUT2D eigenvalue weighted by atomic mass is 16.1. The average Bonchev–Trinajstić information content (AvgIpc) is 2.77. The number of anilines is 5. The zero-order valence-electron chi connectivity index (χ0n) is 18.2. The molecule has 0 amide bonds. The molecule has 3 aromatic rings. The van der Waals surface area contributed by atoms with Gasteiger partial charge in [-0.25, -0.2) is 9.97 Å². The van der Waals surface area contributed by atoms with Gasteiger partial charge in [0.25, 0.3) is 0 Å². The second-order valence-electron chi connectivity index (χ2n) is 7.91. The van der Waals surface area contributed by atoms with Gasteiger partial charge in [0.2, 0.25) is 0 Å². The lowest BCUT2D eigenvalue weighted by atomic mass is 10.1. The Hall–Kier alpha value is -3.61. The predicted octanol–water partition coefficient (Wildman–Crippen LogP) is 3.95. The Bertz CT molecular complexity index is 1100. The molecule has 7 nitrogen and oxygen atoms in total. The summed E-state index contributed by atoms with van der Waals surface area (Å²) in [5, 5.41) is 3.23. The van der Waals surface area contributed by atoms with E-state index in [-0.39, 0.29) is 5.78 Å². The minimum Gasteiger partial charge on any atom is -0.393 e. The van der Waals surface area contributed by atoms with E-state index in [9.17, 15) is 4.79 Å². The molecular formula is C24H28N6O. The second-order valence-corrected chi connectivity index (χ2v) is 7.91. The zero-order chi connectivity index (χ0) is 22.0. The number of nitrogens with one attached hydrogen (secondary N) is 1. The van der Waals surface area contributed by atoms with Crippen molar-refractivity contribution < 1.29 is 4.79 Å². The van der Waals surface area contributed by atoms with Gasteiger partial charge in [-0.3, -0.25) is 4.79 Å². The number of benzene rings is 2. The van der Waals surface area contributed by atoms with Crippen LogP contribution in [-0.2, 0) is 0 Å². The monoisotopic (exact) mass is 416 g/mol. The Morgan fingerprint density at radius 1 is 1.00 bits per heavy atom. The van der Waals surface area contributed by atoms with Gasteiger partial charge >= 0.3 is 0 Å². The van der Waals surface area contributed by atoms with Crippen molar-refractivity contribution in [2.75, 3.05) is 47.0 Å². The van der Waals surface area contributed by atoms with Gasteiger partial charge in [-0.2, -0.15) is 0 Å². The number of carbonyl (C=O) groups excluding carboxylic acids is 1. The van der Waals surface area contributed by atoms with Crippen molar-refractivity contribution >= 4 is 34.5 Å². The van der Waals surface area contributed by atoms with E-state index in [1.165, 1.54) is 23.1 Å². The number of aryl methyl sites for hydroxylation is 1. The molecule has 1 fully saturated rings. The van der Waals surface area contributed by atoms with Crippen molar-refractivity contribution in [3.63, 3.8) is 0 Å². The highest BCUT2D eigenvalue weighted by Crippen LogP contribution is 2.31. The number of ketones is 1. The Balaban J connectivity index is 1.49. The smallest absolute Gasteiger partial charge is 0.159 e. The fourth-order valence-electron chi connectivity index (χ4n) is 3.93. The van der Waals surface area contributed by atoms with Gasteiger partial charge in [0.1, 0.15) is 12.0 Å². The molecule has 2 heterocycles. The summed E-state index contributed by atoms with van der Waals surface area (Å²) in [6.45, 7) is 9.33. The van der Waals surface area contributed by atoms with Crippen LogP contribution in [0, 0.1) is 13.8 Å². The maximum atomic E-state index is 11.7. The fraction of sp³-hybridized carbons (Fsp3) is 0.292. The molecular weight excluding hydrogens is 388 g/mol. The first-order valence-corrected chi connectivity index (χ1v) is 10.5. The molecule has 160 valence electrons. The van der Waals surface area contributed by atoms with Crippen molar-refractivity contribution in [3.05, 3.63) is 65.5 Å². The number of hydrogen-bond acceptors (Lipinski definition) is 7. The van der Waals surface area contributed by atoms with Crippen LogP contribution in [0.15, 0.2) is 48.8 Å². The van der Waals surface area contributed by atoms with E-state index >= 15 is 0 Å². The number of hydrogen-bond donors (Lipinski definition) is 2. The van der Waals surface area contributed by atoms with Crippen LogP contribution in [0.4, 0.5) is 28.7 Å². The van der Waals surface area contributed by atoms with Crippen LogP contribution < -0.4 is 20.9 Å². The summed E-state index contributed by atoms with van der Waals surface area (Å²) < 4.78 is 0. The van der Waals surface area contributed by atoms with E-state index in [2.05, 4.69) is 57.1 Å². The van der Waals surface area contributed by atoms with Crippen LogP contribution in [0.3, 0.4) is 0 Å². The largest absolute Gasteiger partial charge is 0.393 e. The number of nitrogen functional groups attached to an aromatic ring is 1. The molecule has 3 N–H and O–H groups in total. The maximum absolute atomic E-state index is 11.7. The van der Waals surface area contributed by atoms with E-state index in [1.807, 2.05) is 12.1 Å². The molecule has 0 aliphatic carbocycles. The number of nitrogens with two attached hydrogens (primary N) is 1. The number of piperazine rings is 1. The zero-order valence-corrected chi connectivity index (χ0v) is 18.2. The first-order valence-electron chi connectivity index (χ1n) is 10.5. The third kappa shape index (κ3) is 4.30. The molecule has 31 heavy (non-hydrogen) atoms. The fourth-order valence-corrected chi connectivity index (χ4v) is 3.93. The van der Waals surface area contributed by atoms with Crippen LogP contribution in [-0.4, -0.2) is 41.9 Å². The summed E-state index contributed by atoms with van der Waals surface area (Å²) in [4.78, 5) is 25.1. The lowest BCUT2D eigenvalue weighted by Gasteiger charge is -2.38. The maximum Gasteiger partial charge on any atom is 0.159 e. The van der Waals surface area contributed by atoms with Crippen molar-refractivity contribution in [3.8, 4) is 0 Å². The predicted molar refractivity (Wildman–Crippen MR) is 127 cm³/mol. The number of carbonyl (C=O) groups is 1. The van der Waals surface area contributed by atoms with E-state index in [4.69, 9.17) is 5.73 Å². The molecule has 0 atom stereocenters. The minimum absolute atomic E-state index is 0.0155. The Morgan fingerprint density at radius 2 is 1.71 bits per heavy atom. The quantitative estimate of drug-likeness (QED) is 0.609. The molecule has 1 aliphatic rings. The van der Waals surface area contributed by atoms with Crippen LogP contribution in [0.1, 0.15) is 28.4 Å². The van der Waals surface area contributed by atoms with Gasteiger partial charge in [0, 0.05) is 43.1 Å².